The number of alkyl halides is 8. The summed E-state index contributed by atoms with van der Waals surface area (Å²) in [6.07, 6.45) is -19.8. The molecule has 4 aromatic carbocycles. The first-order chi connectivity index (χ1) is 31.2. The first-order valence-corrected chi connectivity index (χ1v) is 19.9. The third-order valence-electron chi connectivity index (χ3n) is 10.8. The Labute approximate surface area is 368 Å². The van der Waals surface area contributed by atoms with Gasteiger partial charge in [-0.1, -0.05) is 13.8 Å². The lowest BCUT2D eigenvalue weighted by atomic mass is 10.00. The Balaban J connectivity index is 1.05. The SMILES string of the molecule is CCc1nc2cc(OC)c(Oc3ccc4c(c3)OC(F)(F)C(F)(F)O4)cc2c(COC(=O)OCc2c(C)c(CC)nc3cc(OC)c(Oc4ccc5c(c4)OC(F)(F)C(F)(F)O5)cc23)c1C. The maximum absolute atomic E-state index is 14.0. The topological polar surface area (TPSA) is 135 Å². The van der Waals surface area contributed by atoms with Crippen LogP contribution in [-0.2, 0) is 35.5 Å². The number of rotatable bonds is 12. The van der Waals surface area contributed by atoms with E-state index >= 15 is 0 Å². The number of hydrogen-bond acceptors (Lipinski definition) is 13. The van der Waals surface area contributed by atoms with Crippen LogP contribution in [0.3, 0.4) is 0 Å². The summed E-state index contributed by atoms with van der Waals surface area (Å²) < 4.78 is 162. The zero-order valence-corrected chi connectivity index (χ0v) is 35.5. The molecule has 21 heteroatoms. The van der Waals surface area contributed by atoms with Crippen LogP contribution in [0.25, 0.3) is 21.8 Å². The average molecular weight is 933 g/mol. The molecule has 2 aliphatic heterocycles. The van der Waals surface area contributed by atoms with Gasteiger partial charge in [-0.2, -0.15) is 35.1 Å². The smallest absolute Gasteiger partial charge is 0.493 e. The number of aryl methyl sites for hydroxylation is 2. The van der Waals surface area contributed by atoms with Gasteiger partial charge in [0, 0.05) is 57.6 Å². The van der Waals surface area contributed by atoms with Gasteiger partial charge in [-0.15, -0.1) is 0 Å². The molecule has 8 rings (SSSR count). The molecule has 0 N–H and O–H groups in total. The quantitative estimate of drug-likeness (QED) is 0.0851. The minimum atomic E-state index is -4.95. The fourth-order valence-corrected chi connectivity index (χ4v) is 7.30. The van der Waals surface area contributed by atoms with Crippen molar-refractivity contribution in [2.45, 2.75) is 78.2 Å². The molecule has 348 valence electrons. The summed E-state index contributed by atoms with van der Waals surface area (Å²) in [6, 6.07) is 12.5. The zero-order chi connectivity index (χ0) is 47.5. The minimum absolute atomic E-state index is 0.0555. The van der Waals surface area contributed by atoms with Crippen molar-refractivity contribution in [2.24, 2.45) is 0 Å². The van der Waals surface area contributed by atoms with Crippen LogP contribution in [0.2, 0.25) is 0 Å². The van der Waals surface area contributed by atoms with Crippen LogP contribution >= 0.6 is 0 Å². The van der Waals surface area contributed by atoms with Crippen LogP contribution in [0.1, 0.15) is 47.5 Å². The van der Waals surface area contributed by atoms with Crippen LogP contribution in [0.4, 0.5) is 39.9 Å². The van der Waals surface area contributed by atoms with E-state index in [1.165, 1.54) is 38.5 Å². The molecule has 0 aliphatic carbocycles. The number of pyridine rings is 2. The largest absolute Gasteiger partial charge is 0.508 e. The fraction of sp³-hybridized carbons (Fsp3) is 0.311. The van der Waals surface area contributed by atoms with Gasteiger partial charge in [0.05, 0.1) is 25.3 Å². The van der Waals surface area contributed by atoms with E-state index in [9.17, 15) is 39.9 Å². The van der Waals surface area contributed by atoms with Crippen molar-refractivity contribution >= 4 is 28.0 Å². The molecule has 0 amide bonds. The van der Waals surface area contributed by atoms with Gasteiger partial charge in [0.1, 0.15) is 24.7 Å². The summed E-state index contributed by atoms with van der Waals surface area (Å²) in [5.41, 5.74) is 4.55. The molecule has 0 saturated carbocycles. The molecule has 0 fully saturated rings. The molecule has 0 radical (unpaired) electrons. The maximum Gasteiger partial charge on any atom is 0.508 e. The molecule has 2 aromatic heterocycles. The third-order valence-corrected chi connectivity index (χ3v) is 10.8. The Morgan fingerprint density at radius 2 is 0.894 bits per heavy atom. The first kappa shape index (κ1) is 45.4. The molecule has 0 unspecified atom stereocenters. The molecule has 6 aromatic rings. The van der Waals surface area contributed by atoms with E-state index in [1.807, 2.05) is 13.8 Å². The predicted octanol–water partition coefficient (Wildman–Crippen LogP) is 11.9. The zero-order valence-electron chi connectivity index (χ0n) is 35.5. The summed E-state index contributed by atoms with van der Waals surface area (Å²) >= 11 is 0. The highest BCUT2D eigenvalue weighted by molar-refractivity contribution is 5.88. The number of aromatic nitrogens is 2. The van der Waals surface area contributed by atoms with Crippen LogP contribution in [0.5, 0.6) is 57.5 Å². The second-order valence-electron chi connectivity index (χ2n) is 14.8. The molecule has 0 spiro atoms. The van der Waals surface area contributed by atoms with Gasteiger partial charge in [-0.05, 0) is 74.2 Å². The van der Waals surface area contributed by atoms with E-state index in [-0.39, 0.29) is 47.7 Å². The van der Waals surface area contributed by atoms with E-state index in [4.69, 9.17) is 38.4 Å². The molecule has 2 aliphatic rings. The number of fused-ring (bicyclic) bond motifs is 4. The van der Waals surface area contributed by atoms with E-state index in [1.54, 1.807) is 26.0 Å². The van der Waals surface area contributed by atoms with E-state index < -0.39 is 53.6 Å². The summed E-state index contributed by atoms with van der Waals surface area (Å²) in [6.45, 7) is 6.69. The highest BCUT2D eigenvalue weighted by Crippen LogP contribution is 2.50. The Hall–Kier alpha value is -7.19. The van der Waals surface area contributed by atoms with Crippen molar-refractivity contribution in [1.82, 2.24) is 9.97 Å². The van der Waals surface area contributed by atoms with Crippen LogP contribution in [-0.4, -0.2) is 54.8 Å². The number of halogens is 8. The number of nitrogens with zero attached hydrogens (tertiary/aromatic N) is 2. The Morgan fingerprint density at radius 1 is 0.530 bits per heavy atom. The lowest BCUT2D eigenvalue weighted by Crippen LogP contribution is -2.52. The number of methoxy groups -OCH3 is 2. The standard InChI is InChI=1S/C45H36F8N2O11/c1-7-29-21(3)27(25-15-37(35(57-5)17-31(25)54-29)61-23-9-11-33-39(13-23)65-44(50,51)42(46,47)63-33)19-59-41(56)60-20-28-22(4)30(8-2)55-32-18-36(58-6)38(16-26(28)32)62-24-10-12-34-40(14-24)66-45(52,53)43(48,49)64-34/h9-18H,7-8,19-20H2,1-6H3. The number of hydrogen-bond donors (Lipinski definition) is 0. The highest BCUT2D eigenvalue weighted by atomic mass is 19.3. The molecule has 4 heterocycles. The van der Waals surface area contributed by atoms with Gasteiger partial charge in [0.2, 0.25) is 0 Å². The number of ether oxygens (including phenoxy) is 10. The van der Waals surface area contributed by atoms with E-state index in [0.29, 0.717) is 68.3 Å². The third kappa shape index (κ3) is 8.21. The van der Waals surface area contributed by atoms with Gasteiger partial charge in [0.15, 0.2) is 46.0 Å². The number of carbonyl (C=O) groups excluding carboxylic acids is 1. The van der Waals surface area contributed by atoms with Gasteiger partial charge in [-0.3, -0.25) is 9.97 Å². The van der Waals surface area contributed by atoms with E-state index in [2.05, 4.69) is 18.9 Å². The van der Waals surface area contributed by atoms with Crippen LogP contribution in [0, 0.1) is 13.8 Å². The van der Waals surface area contributed by atoms with Gasteiger partial charge < -0.3 is 47.4 Å². The van der Waals surface area contributed by atoms with Crippen molar-refractivity contribution in [2.75, 3.05) is 14.2 Å². The molecular formula is C45H36F8N2O11. The van der Waals surface area contributed by atoms with Crippen LogP contribution in [0.15, 0.2) is 60.7 Å². The second-order valence-corrected chi connectivity index (χ2v) is 14.8. The number of benzene rings is 4. The molecule has 13 nitrogen and oxygen atoms in total. The lowest BCUT2D eigenvalue weighted by Gasteiger charge is -2.31. The van der Waals surface area contributed by atoms with Gasteiger partial charge in [0.25, 0.3) is 0 Å². The van der Waals surface area contributed by atoms with Crippen molar-refractivity contribution < 1.29 is 87.3 Å². The summed E-state index contributed by atoms with van der Waals surface area (Å²) in [5, 5.41) is 0.901. The Bertz CT molecular complexity index is 2720. The highest BCUT2D eigenvalue weighted by Gasteiger charge is 2.67. The van der Waals surface area contributed by atoms with E-state index in [0.717, 1.165) is 24.3 Å². The monoisotopic (exact) mass is 932 g/mol. The minimum Gasteiger partial charge on any atom is -0.493 e. The van der Waals surface area contributed by atoms with Gasteiger partial charge in [-0.25, -0.2) is 4.79 Å². The normalized spacial score (nSPS) is 16.1. The molecular weight excluding hydrogens is 896 g/mol. The van der Waals surface area contributed by atoms with Gasteiger partial charge >= 0.3 is 30.6 Å². The fourth-order valence-electron chi connectivity index (χ4n) is 7.30. The summed E-state index contributed by atoms with van der Waals surface area (Å²) in [7, 11) is 2.72. The Kier molecular flexibility index (Phi) is 11.5. The van der Waals surface area contributed by atoms with Crippen molar-refractivity contribution in [3.63, 3.8) is 0 Å². The average Bonchev–Trinajstić information content (AvgIpc) is 3.25. The molecule has 0 atom stereocenters. The van der Waals surface area contributed by atoms with Crippen molar-refractivity contribution in [1.29, 1.82) is 0 Å². The summed E-state index contributed by atoms with van der Waals surface area (Å²) in [4.78, 5) is 22.9. The molecule has 0 saturated heterocycles. The second kappa shape index (κ2) is 16.7. The molecule has 0 bridgehead atoms. The first-order valence-electron chi connectivity index (χ1n) is 19.9. The predicted molar refractivity (Wildman–Crippen MR) is 215 cm³/mol. The van der Waals surface area contributed by atoms with Crippen molar-refractivity contribution in [3.8, 4) is 57.5 Å². The van der Waals surface area contributed by atoms with Crippen LogP contribution < -0.4 is 37.9 Å². The Morgan fingerprint density at radius 3 is 1.24 bits per heavy atom. The number of carbonyl (C=O) groups is 1. The van der Waals surface area contributed by atoms with Crippen molar-refractivity contribution in [3.05, 3.63) is 94.3 Å². The summed E-state index contributed by atoms with van der Waals surface area (Å²) in [5.74, 6) is -2.40. The lowest BCUT2D eigenvalue weighted by molar-refractivity contribution is -0.391. The maximum atomic E-state index is 14.0. The molecule has 66 heavy (non-hydrogen) atoms.